The van der Waals surface area contributed by atoms with Crippen LogP contribution in [0.1, 0.15) is 60.6 Å². The molecule has 0 saturated heterocycles. The second-order valence-electron chi connectivity index (χ2n) is 6.32. The number of thiophene rings is 1. The van der Waals surface area contributed by atoms with E-state index in [1.54, 1.807) is 23.1 Å². The summed E-state index contributed by atoms with van der Waals surface area (Å²) >= 11 is 3.41. The standard InChI is InChI=1S/C17H21N5OS2/c1-12-18-20-16(23-12)11-25-17-21-19-15(10-14-8-5-9-24-14)22(17)13-6-3-2-4-7-13/h5,8-9,13H,2-4,6-7,10-11H2,1H3. The molecule has 1 aliphatic carbocycles. The van der Waals surface area contributed by atoms with Crippen LogP contribution in [-0.2, 0) is 12.2 Å². The minimum atomic E-state index is 0.505. The van der Waals surface area contributed by atoms with Gasteiger partial charge in [-0.15, -0.1) is 31.7 Å². The summed E-state index contributed by atoms with van der Waals surface area (Å²) < 4.78 is 7.85. The molecule has 0 amide bonds. The molecule has 0 unspecified atom stereocenters. The fourth-order valence-electron chi connectivity index (χ4n) is 3.32. The summed E-state index contributed by atoms with van der Waals surface area (Å²) in [6, 6.07) is 4.76. The molecule has 3 heterocycles. The van der Waals surface area contributed by atoms with Crippen LogP contribution in [0, 0.1) is 6.92 Å². The summed E-state index contributed by atoms with van der Waals surface area (Å²) in [5.74, 6) is 2.94. The third-order valence-corrected chi connectivity index (χ3v) is 6.28. The molecule has 0 aromatic carbocycles. The maximum Gasteiger partial charge on any atom is 0.226 e. The molecule has 0 spiro atoms. The van der Waals surface area contributed by atoms with Crippen molar-refractivity contribution in [2.24, 2.45) is 0 Å². The van der Waals surface area contributed by atoms with Gasteiger partial charge in [0.2, 0.25) is 11.8 Å². The third-order valence-electron chi connectivity index (χ3n) is 4.48. The van der Waals surface area contributed by atoms with E-state index in [0.717, 1.165) is 17.4 Å². The molecule has 1 aliphatic rings. The highest BCUT2D eigenvalue weighted by Crippen LogP contribution is 2.34. The second kappa shape index (κ2) is 7.70. The van der Waals surface area contributed by atoms with Crippen molar-refractivity contribution >= 4 is 23.1 Å². The zero-order chi connectivity index (χ0) is 17.1. The third kappa shape index (κ3) is 3.95. The van der Waals surface area contributed by atoms with Gasteiger partial charge in [-0.2, -0.15) is 0 Å². The minimum absolute atomic E-state index is 0.505. The summed E-state index contributed by atoms with van der Waals surface area (Å²) in [5, 5.41) is 20.1. The molecule has 132 valence electrons. The highest BCUT2D eigenvalue weighted by Gasteiger charge is 2.23. The second-order valence-corrected chi connectivity index (χ2v) is 8.30. The largest absolute Gasteiger partial charge is 0.425 e. The topological polar surface area (TPSA) is 69.6 Å². The maximum absolute atomic E-state index is 5.48. The lowest BCUT2D eigenvalue weighted by atomic mass is 9.95. The first-order chi connectivity index (χ1) is 12.3. The molecule has 4 rings (SSSR count). The summed E-state index contributed by atoms with van der Waals surface area (Å²) in [5.41, 5.74) is 0. The normalized spacial score (nSPS) is 15.7. The molecular weight excluding hydrogens is 354 g/mol. The molecule has 0 radical (unpaired) electrons. The van der Waals surface area contributed by atoms with Crippen LogP contribution in [0.15, 0.2) is 27.1 Å². The number of thioether (sulfide) groups is 1. The monoisotopic (exact) mass is 375 g/mol. The van der Waals surface area contributed by atoms with Crippen LogP contribution in [0.4, 0.5) is 0 Å². The Morgan fingerprint density at radius 3 is 2.80 bits per heavy atom. The van der Waals surface area contributed by atoms with Crippen LogP contribution in [0.3, 0.4) is 0 Å². The van der Waals surface area contributed by atoms with Crippen LogP contribution in [0.5, 0.6) is 0 Å². The van der Waals surface area contributed by atoms with Gasteiger partial charge in [-0.1, -0.05) is 37.1 Å². The van der Waals surface area contributed by atoms with Crippen molar-refractivity contribution in [3.63, 3.8) is 0 Å². The van der Waals surface area contributed by atoms with E-state index in [0.29, 0.717) is 23.6 Å². The van der Waals surface area contributed by atoms with Crippen LogP contribution < -0.4 is 0 Å². The Hall–Kier alpha value is -1.67. The summed E-state index contributed by atoms with van der Waals surface area (Å²) in [6.07, 6.45) is 7.18. The zero-order valence-corrected chi connectivity index (χ0v) is 15.9. The zero-order valence-electron chi connectivity index (χ0n) is 14.2. The van der Waals surface area contributed by atoms with E-state index in [1.165, 1.54) is 37.0 Å². The van der Waals surface area contributed by atoms with E-state index >= 15 is 0 Å². The minimum Gasteiger partial charge on any atom is -0.425 e. The predicted octanol–water partition coefficient (Wildman–Crippen LogP) is 4.42. The van der Waals surface area contributed by atoms with Crippen LogP contribution in [-0.4, -0.2) is 25.0 Å². The van der Waals surface area contributed by atoms with E-state index in [2.05, 4.69) is 42.5 Å². The van der Waals surface area contributed by atoms with Gasteiger partial charge < -0.3 is 8.98 Å². The van der Waals surface area contributed by atoms with E-state index in [1.807, 2.05) is 6.92 Å². The first kappa shape index (κ1) is 16.8. The SMILES string of the molecule is Cc1nnc(CSc2nnc(Cc3cccs3)n2C2CCCCC2)o1. The molecule has 6 nitrogen and oxygen atoms in total. The number of aryl methyl sites for hydroxylation is 1. The van der Waals surface area contributed by atoms with Crippen molar-refractivity contribution < 1.29 is 4.42 Å². The molecule has 8 heteroatoms. The molecular formula is C17H21N5OS2. The van der Waals surface area contributed by atoms with Crippen molar-refractivity contribution in [1.82, 2.24) is 25.0 Å². The van der Waals surface area contributed by atoms with Gasteiger partial charge in [0.25, 0.3) is 0 Å². The Kier molecular flexibility index (Phi) is 5.17. The molecule has 0 N–H and O–H groups in total. The van der Waals surface area contributed by atoms with E-state index in [9.17, 15) is 0 Å². The predicted molar refractivity (Wildman–Crippen MR) is 97.9 cm³/mol. The number of hydrogen-bond donors (Lipinski definition) is 0. The van der Waals surface area contributed by atoms with Crippen molar-refractivity contribution in [2.45, 2.75) is 62.4 Å². The lowest BCUT2D eigenvalue weighted by Crippen LogP contribution is -2.16. The average Bonchev–Trinajstić information content (AvgIpc) is 3.36. The molecule has 3 aromatic heterocycles. The molecule has 25 heavy (non-hydrogen) atoms. The van der Waals surface area contributed by atoms with Gasteiger partial charge in [0.1, 0.15) is 5.82 Å². The van der Waals surface area contributed by atoms with Gasteiger partial charge in [0, 0.05) is 24.3 Å². The fourth-order valence-corrected chi connectivity index (χ4v) is 4.89. The molecule has 1 saturated carbocycles. The molecule has 0 atom stereocenters. The lowest BCUT2D eigenvalue weighted by Gasteiger charge is -2.25. The fraction of sp³-hybridized carbons (Fsp3) is 0.529. The molecule has 1 fully saturated rings. The Bertz CT molecular complexity index is 805. The van der Waals surface area contributed by atoms with E-state index < -0.39 is 0 Å². The summed E-state index contributed by atoms with van der Waals surface area (Å²) in [6.45, 7) is 1.81. The maximum atomic E-state index is 5.48. The molecule has 0 aliphatic heterocycles. The van der Waals surface area contributed by atoms with Crippen LogP contribution >= 0.6 is 23.1 Å². The summed E-state index contributed by atoms with van der Waals surface area (Å²) in [4.78, 5) is 1.33. The van der Waals surface area contributed by atoms with Gasteiger partial charge in [-0.25, -0.2) is 0 Å². The van der Waals surface area contributed by atoms with Gasteiger partial charge in [-0.05, 0) is 24.3 Å². The van der Waals surface area contributed by atoms with Gasteiger partial charge in [-0.3, -0.25) is 0 Å². The van der Waals surface area contributed by atoms with Crippen molar-refractivity contribution in [3.8, 4) is 0 Å². The van der Waals surface area contributed by atoms with Crippen molar-refractivity contribution in [2.75, 3.05) is 0 Å². The molecule has 0 bridgehead atoms. The highest BCUT2D eigenvalue weighted by molar-refractivity contribution is 7.98. The first-order valence-electron chi connectivity index (χ1n) is 8.67. The van der Waals surface area contributed by atoms with Crippen molar-refractivity contribution in [1.29, 1.82) is 0 Å². The van der Waals surface area contributed by atoms with Crippen molar-refractivity contribution in [3.05, 3.63) is 40.0 Å². The number of hydrogen-bond acceptors (Lipinski definition) is 7. The Morgan fingerprint density at radius 2 is 2.08 bits per heavy atom. The number of aromatic nitrogens is 5. The summed E-state index contributed by atoms with van der Waals surface area (Å²) in [7, 11) is 0. The smallest absolute Gasteiger partial charge is 0.226 e. The van der Waals surface area contributed by atoms with Crippen LogP contribution in [0.25, 0.3) is 0 Å². The lowest BCUT2D eigenvalue weighted by molar-refractivity contribution is 0.330. The first-order valence-corrected chi connectivity index (χ1v) is 10.5. The Morgan fingerprint density at radius 1 is 1.20 bits per heavy atom. The Labute approximate surface area is 155 Å². The Balaban J connectivity index is 1.57. The van der Waals surface area contributed by atoms with Gasteiger partial charge in [0.15, 0.2) is 5.16 Å². The van der Waals surface area contributed by atoms with Gasteiger partial charge in [0.05, 0.1) is 5.75 Å². The molecule has 3 aromatic rings. The van der Waals surface area contributed by atoms with Gasteiger partial charge >= 0.3 is 0 Å². The van der Waals surface area contributed by atoms with E-state index in [4.69, 9.17) is 4.42 Å². The highest BCUT2D eigenvalue weighted by atomic mass is 32.2. The quantitative estimate of drug-likeness (QED) is 0.594. The number of nitrogens with zero attached hydrogens (tertiary/aromatic N) is 5. The number of rotatable bonds is 6. The average molecular weight is 376 g/mol. The van der Waals surface area contributed by atoms with E-state index in [-0.39, 0.29) is 0 Å². The van der Waals surface area contributed by atoms with Crippen LogP contribution in [0.2, 0.25) is 0 Å².